The predicted molar refractivity (Wildman–Crippen MR) is 66.8 cm³/mol. The van der Waals surface area contributed by atoms with E-state index in [0.717, 1.165) is 23.1 Å². The van der Waals surface area contributed by atoms with Crippen molar-refractivity contribution in [1.82, 2.24) is 9.55 Å². The van der Waals surface area contributed by atoms with Crippen molar-refractivity contribution in [2.24, 2.45) is 5.41 Å². The van der Waals surface area contributed by atoms with Crippen molar-refractivity contribution in [3.63, 3.8) is 0 Å². The Balaban J connectivity index is 2.66. The number of hydrogen-bond donors (Lipinski definition) is 1. The lowest BCUT2D eigenvalue weighted by Crippen LogP contribution is -2.24. The molecule has 1 aromatic heterocycles. The summed E-state index contributed by atoms with van der Waals surface area (Å²) in [5, 5.41) is 0. The van der Waals surface area contributed by atoms with Crippen LogP contribution in [0.15, 0.2) is 23.0 Å². The summed E-state index contributed by atoms with van der Waals surface area (Å²) < 4.78 is 1.82. The number of para-hydroxylation sites is 1. The Kier molecular flexibility index (Phi) is 2.41. The van der Waals surface area contributed by atoms with Gasteiger partial charge in [-0.1, -0.05) is 32.9 Å². The van der Waals surface area contributed by atoms with Crippen molar-refractivity contribution in [1.29, 1.82) is 0 Å². The monoisotopic (exact) mass is 218 g/mol. The highest BCUT2D eigenvalue weighted by molar-refractivity contribution is 5.78. The van der Waals surface area contributed by atoms with Gasteiger partial charge < -0.3 is 4.98 Å². The van der Waals surface area contributed by atoms with Gasteiger partial charge in [-0.15, -0.1) is 0 Å². The molecular formula is C13H18N2O. The van der Waals surface area contributed by atoms with Crippen LogP contribution in [0, 0.1) is 12.3 Å². The summed E-state index contributed by atoms with van der Waals surface area (Å²) in [6.07, 6.45) is 0. The second kappa shape index (κ2) is 3.51. The van der Waals surface area contributed by atoms with Crippen molar-refractivity contribution >= 4 is 11.0 Å². The van der Waals surface area contributed by atoms with E-state index in [4.69, 9.17) is 0 Å². The summed E-state index contributed by atoms with van der Waals surface area (Å²) in [4.78, 5) is 14.8. The first-order valence-electron chi connectivity index (χ1n) is 5.57. The number of nitrogens with one attached hydrogen (secondary N) is 1. The molecule has 0 bridgehead atoms. The molecule has 0 saturated heterocycles. The lowest BCUT2D eigenvalue weighted by molar-refractivity contribution is 0.344. The van der Waals surface area contributed by atoms with Gasteiger partial charge >= 0.3 is 5.69 Å². The largest absolute Gasteiger partial charge is 0.326 e. The summed E-state index contributed by atoms with van der Waals surface area (Å²) in [6.45, 7) is 9.14. The minimum atomic E-state index is -0.0146. The third-order valence-corrected chi connectivity index (χ3v) is 2.65. The maximum atomic E-state index is 11.9. The fourth-order valence-corrected chi connectivity index (χ4v) is 1.95. The third kappa shape index (κ3) is 1.90. The molecule has 2 rings (SSSR count). The molecule has 0 aliphatic heterocycles. The minimum Gasteiger partial charge on any atom is -0.305 e. The van der Waals surface area contributed by atoms with Gasteiger partial charge in [-0.25, -0.2) is 4.79 Å². The van der Waals surface area contributed by atoms with Gasteiger partial charge in [0.05, 0.1) is 11.0 Å². The number of benzene rings is 1. The summed E-state index contributed by atoms with van der Waals surface area (Å²) >= 11 is 0. The van der Waals surface area contributed by atoms with Crippen LogP contribution >= 0.6 is 0 Å². The van der Waals surface area contributed by atoms with Gasteiger partial charge in [0, 0.05) is 6.54 Å². The van der Waals surface area contributed by atoms with E-state index in [0.29, 0.717) is 0 Å². The number of aromatic nitrogens is 2. The van der Waals surface area contributed by atoms with Crippen molar-refractivity contribution in [2.45, 2.75) is 34.2 Å². The second-order valence-corrected chi connectivity index (χ2v) is 5.55. The Morgan fingerprint density at radius 3 is 2.62 bits per heavy atom. The van der Waals surface area contributed by atoms with E-state index in [1.54, 1.807) is 0 Å². The summed E-state index contributed by atoms with van der Waals surface area (Å²) in [6, 6.07) is 6.00. The Labute approximate surface area is 95.1 Å². The Morgan fingerprint density at radius 2 is 2.00 bits per heavy atom. The first-order valence-corrected chi connectivity index (χ1v) is 5.57. The summed E-state index contributed by atoms with van der Waals surface area (Å²) in [5.41, 5.74) is 3.15. The van der Waals surface area contributed by atoms with Crippen LogP contribution in [0.25, 0.3) is 11.0 Å². The third-order valence-electron chi connectivity index (χ3n) is 2.65. The molecule has 3 heteroatoms. The van der Waals surface area contributed by atoms with Gasteiger partial charge in [0.25, 0.3) is 0 Å². The average molecular weight is 218 g/mol. The minimum absolute atomic E-state index is 0.0146. The molecule has 86 valence electrons. The number of aryl methyl sites for hydroxylation is 1. The number of H-pyrrole nitrogens is 1. The molecule has 1 aromatic carbocycles. The van der Waals surface area contributed by atoms with Gasteiger partial charge in [0.1, 0.15) is 0 Å². The smallest absolute Gasteiger partial charge is 0.305 e. The first kappa shape index (κ1) is 11.0. The fourth-order valence-electron chi connectivity index (χ4n) is 1.95. The van der Waals surface area contributed by atoms with E-state index in [1.165, 1.54) is 0 Å². The molecular weight excluding hydrogens is 200 g/mol. The van der Waals surface area contributed by atoms with E-state index in [2.05, 4.69) is 25.8 Å². The van der Waals surface area contributed by atoms with E-state index in [-0.39, 0.29) is 11.1 Å². The van der Waals surface area contributed by atoms with Crippen molar-refractivity contribution in [2.75, 3.05) is 0 Å². The number of imidazole rings is 1. The Hall–Kier alpha value is -1.51. The van der Waals surface area contributed by atoms with Crippen molar-refractivity contribution in [3.8, 4) is 0 Å². The highest BCUT2D eigenvalue weighted by atomic mass is 16.1. The summed E-state index contributed by atoms with van der Waals surface area (Å²) in [7, 11) is 0. The van der Waals surface area contributed by atoms with Gasteiger partial charge in [-0.3, -0.25) is 4.57 Å². The molecule has 0 saturated carbocycles. The molecule has 0 spiro atoms. The van der Waals surface area contributed by atoms with E-state index < -0.39 is 0 Å². The van der Waals surface area contributed by atoms with Crippen LogP contribution in [-0.2, 0) is 6.54 Å². The van der Waals surface area contributed by atoms with E-state index >= 15 is 0 Å². The van der Waals surface area contributed by atoms with Gasteiger partial charge in [-0.05, 0) is 24.0 Å². The zero-order valence-electron chi connectivity index (χ0n) is 10.3. The number of hydrogen-bond acceptors (Lipinski definition) is 1. The highest BCUT2D eigenvalue weighted by Crippen LogP contribution is 2.20. The Morgan fingerprint density at radius 1 is 1.31 bits per heavy atom. The lowest BCUT2D eigenvalue weighted by atomic mass is 9.97. The number of nitrogens with zero attached hydrogens (tertiary/aromatic N) is 1. The van der Waals surface area contributed by atoms with Crippen LogP contribution in [0.3, 0.4) is 0 Å². The van der Waals surface area contributed by atoms with E-state index in [1.807, 2.05) is 29.7 Å². The molecule has 0 amide bonds. The molecule has 1 N–H and O–H groups in total. The lowest BCUT2D eigenvalue weighted by Gasteiger charge is -2.18. The maximum Gasteiger partial charge on any atom is 0.326 e. The molecule has 0 atom stereocenters. The maximum absolute atomic E-state index is 11.9. The highest BCUT2D eigenvalue weighted by Gasteiger charge is 2.15. The molecule has 0 unspecified atom stereocenters. The molecule has 1 heterocycles. The molecule has 0 fully saturated rings. The fraction of sp³-hybridized carbons (Fsp3) is 0.462. The van der Waals surface area contributed by atoms with Crippen LogP contribution in [-0.4, -0.2) is 9.55 Å². The van der Waals surface area contributed by atoms with Gasteiger partial charge in [0.15, 0.2) is 0 Å². The van der Waals surface area contributed by atoms with Gasteiger partial charge in [0.2, 0.25) is 0 Å². The zero-order chi connectivity index (χ0) is 11.9. The molecule has 0 aliphatic carbocycles. The number of fused-ring (bicyclic) bond motifs is 1. The van der Waals surface area contributed by atoms with Crippen molar-refractivity contribution in [3.05, 3.63) is 34.2 Å². The Bertz CT molecular complexity index is 570. The SMILES string of the molecule is Cc1cccc2c1[nH]c(=O)n2CC(C)(C)C. The standard InChI is InChI=1S/C13H18N2O/c1-9-6-5-7-10-11(9)14-12(16)15(10)8-13(2,3)4/h5-7H,8H2,1-4H3,(H,14,16). The molecule has 0 radical (unpaired) electrons. The average Bonchev–Trinajstić information content (AvgIpc) is 2.44. The quantitative estimate of drug-likeness (QED) is 0.785. The van der Waals surface area contributed by atoms with Crippen LogP contribution in [0.5, 0.6) is 0 Å². The van der Waals surface area contributed by atoms with Crippen LogP contribution in [0.2, 0.25) is 0 Å². The first-order chi connectivity index (χ1) is 7.38. The van der Waals surface area contributed by atoms with Crippen LogP contribution in [0.4, 0.5) is 0 Å². The number of rotatable bonds is 1. The van der Waals surface area contributed by atoms with Crippen molar-refractivity contribution < 1.29 is 0 Å². The number of aromatic amines is 1. The van der Waals surface area contributed by atoms with Crippen LogP contribution in [0.1, 0.15) is 26.3 Å². The normalized spacial score (nSPS) is 12.2. The van der Waals surface area contributed by atoms with Crippen LogP contribution < -0.4 is 5.69 Å². The molecule has 0 aliphatic rings. The molecule has 3 nitrogen and oxygen atoms in total. The molecule has 16 heavy (non-hydrogen) atoms. The molecule has 2 aromatic rings. The predicted octanol–water partition coefficient (Wildman–Crippen LogP) is 2.68. The van der Waals surface area contributed by atoms with E-state index in [9.17, 15) is 4.79 Å². The second-order valence-electron chi connectivity index (χ2n) is 5.55. The van der Waals surface area contributed by atoms with Gasteiger partial charge in [-0.2, -0.15) is 0 Å². The zero-order valence-corrected chi connectivity index (χ0v) is 10.3. The topological polar surface area (TPSA) is 37.8 Å². The summed E-state index contributed by atoms with van der Waals surface area (Å²) in [5.74, 6) is 0.